The van der Waals surface area contributed by atoms with Crippen molar-refractivity contribution >= 4 is 0 Å². The van der Waals surface area contributed by atoms with Gasteiger partial charge in [0.05, 0.1) is 0 Å². The summed E-state index contributed by atoms with van der Waals surface area (Å²) in [5.74, 6) is 0. The molecule has 1 aliphatic rings. The van der Waals surface area contributed by atoms with Crippen molar-refractivity contribution in [1.29, 1.82) is 0 Å². The van der Waals surface area contributed by atoms with Gasteiger partial charge in [0.25, 0.3) is 0 Å². The van der Waals surface area contributed by atoms with Gasteiger partial charge in [-0.15, -0.1) is 0 Å². The van der Waals surface area contributed by atoms with Crippen LogP contribution in [0.1, 0.15) is 34.1 Å². The molecule has 1 heterocycles. The highest BCUT2D eigenvalue weighted by Crippen LogP contribution is 2.41. The number of nitrogens with zero attached hydrogens (tertiary/aromatic N) is 1. The molecular formula is C9H20N2O. The van der Waals surface area contributed by atoms with Crippen molar-refractivity contribution in [3.63, 3.8) is 0 Å². The van der Waals surface area contributed by atoms with E-state index in [2.05, 4.69) is 13.8 Å². The minimum atomic E-state index is -0.231. The van der Waals surface area contributed by atoms with E-state index in [0.717, 1.165) is 6.42 Å². The maximum Gasteiger partial charge on any atom is 0.0469 e. The van der Waals surface area contributed by atoms with Crippen LogP contribution < -0.4 is 5.73 Å². The molecule has 3 nitrogen and oxygen atoms in total. The van der Waals surface area contributed by atoms with Crippen molar-refractivity contribution in [2.45, 2.75) is 45.7 Å². The summed E-state index contributed by atoms with van der Waals surface area (Å²) in [7, 11) is 0. The first-order valence-electron chi connectivity index (χ1n) is 4.52. The predicted molar refractivity (Wildman–Crippen MR) is 48.9 cm³/mol. The molecule has 0 aromatic carbocycles. The molecule has 1 atom stereocenters. The zero-order valence-electron chi connectivity index (χ0n) is 8.46. The van der Waals surface area contributed by atoms with Crippen LogP contribution in [0.2, 0.25) is 0 Å². The van der Waals surface area contributed by atoms with Crippen LogP contribution in [0.25, 0.3) is 0 Å². The minimum Gasteiger partial charge on any atom is -0.327 e. The van der Waals surface area contributed by atoms with Gasteiger partial charge in [0.1, 0.15) is 0 Å². The molecule has 12 heavy (non-hydrogen) atoms. The van der Waals surface area contributed by atoms with Crippen molar-refractivity contribution in [3.05, 3.63) is 0 Å². The second-order valence-electron chi connectivity index (χ2n) is 4.80. The van der Waals surface area contributed by atoms with Crippen LogP contribution in [0.5, 0.6) is 0 Å². The summed E-state index contributed by atoms with van der Waals surface area (Å²) in [6.45, 7) is 8.97. The first-order chi connectivity index (χ1) is 5.30. The van der Waals surface area contributed by atoms with E-state index in [0.29, 0.717) is 6.54 Å². The number of hydrogen-bond acceptors (Lipinski definition) is 3. The monoisotopic (exact) mass is 172 g/mol. The Morgan fingerprint density at radius 3 is 2.25 bits per heavy atom. The number of rotatable bonds is 0. The quantitative estimate of drug-likeness (QED) is 0.577. The van der Waals surface area contributed by atoms with Crippen LogP contribution in [0.15, 0.2) is 0 Å². The first-order valence-corrected chi connectivity index (χ1v) is 4.52. The fourth-order valence-electron chi connectivity index (χ4n) is 1.69. The molecule has 0 bridgehead atoms. The minimum absolute atomic E-state index is 0.0417. The average molecular weight is 172 g/mol. The third-order valence-electron chi connectivity index (χ3n) is 3.80. The van der Waals surface area contributed by atoms with Gasteiger partial charge in [-0.25, -0.2) is 0 Å². The smallest absolute Gasteiger partial charge is 0.0469 e. The summed E-state index contributed by atoms with van der Waals surface area (Å²) in [6.07, 6.45) is 0.868. The largest absolute Gasteiger partial charge is 0.327 e. The van der Waals surface area contributed by atoms with Gasteiger partial charge in [-0.1, -0.05) is 13.8 Å². The molecule has 0 aromatic heterocycles. The predicted octanol–water partition coefficient (Wildman–Crippen LogP) is 1.21. The number of hydrogen-bond donors (Lipinski definition) is 2. The Kier molecular flexibility index (Phi) is 2.23. The zero-order chi connectivity index (χ0) is 9.57. The van der Waals surface area contributed by atoms with E-state index in [1.54, 1.807) is 0 Å². The van der Waals surface area contributed by atoms with Gasteiger partial charge in [-0.2, -0.15) is 5.06 Å². The van der Waals surface area contributed by atoms with Crippen molar-refractivity contribution < 1.29 is 5.21 Å². The van der Waals surface area contributed by atoms with Crippen molar-refractivity contribution in [1.82, 2.24) is 5.06 Å². The van der Waals surface area contributed by atoms with Gasteiger partial charge in [-0.05, 0) is 25.7 Å². The van der Waals surface area contributed by atoms with Crippen molar-refractivity contribution in [2.24, 2.45) is 11.1 Å². The van der Waals surface area contributed by atoms with E-state index in [-0.39, 0.29) is 17.0 Å². The number of hydroxylamine groups is 2. The number of piperidine rings is 1. The lowest BCUT2D eigenvalue weighted by atomic mass is 9.66. The maximum atomic E-state index is 9.67. The Labute approximate surface area is 74.5 Å². The van der Waals surface area contributed by atoms with Crippen LogP contribution in [-0.4, -0.2) is 28.4 Å². The highest BCUT2D eigenvalue weighted by Gasteiger charge is 2.48. The van der Waals surface area contributed by atoms with Gasteiger partial charge in [-0.3, -0.25) is 0 Å². The summed E-state index contributed by atoms with van der Waals surface area (Å²) in [4.78, 5) is 0. The molecule has 0 aliphatic carbocycles. The van der Waals surface area contributed by atoms with Crippen LogP contribution in [0, 0.1) is 5.41 Å². The fraction of sp³-hybridized carbons (Fsp3) is 1.00. The summed E-state index contributed by atoms with van der Waals surface area (Å²) < 4.78 is 0. The molecule has 1 saturated heterocycles. The standard InChI is InChI=1S/C9H20N2O/c1-8(2)7(10)5-6-11(12)9(8,3)4/h7,12H,5-6,10H2,1-4H3. The van der Waals surface area contributed by atoms with E-state index in [1.165, 1.54) is 5.06 Å². The molecule has 0 radical (unpaired) electrons. The molecule has 1 unspecified atom stereocenters. The SMILES string of the molecule is CC1(C)C(N)CCN(O)C1(C)C. The zero-order valence-corrected chi connectivity index (χ0v) is 8.46. The second kappa shape index (κ2) is 2.69. The Morgan fingerprint density at radius 1 is 1.33 bits per heavy atom. The molecule has 3 N–H and O–H groups in total. The Hall–Kier alpha value is -0.120. The third kappa shape index (κ3) is 1.16. The molecule has 0 amide bonds. The summed E-state index contributed by atoms with van der Waals surface area (Å²) in [5, 5.41) is 11.1. The Morgan fingerprint density at radius 2 is 1.83 bits per heavy atom. The van der Waals surface area contributed by atoms with E-state index in [1.807, 2.05) is 13.8 Å². The lowest BCUT2D eigenvalue weighted by Crippen LogP contribution is -2.64. The summed E-state index contributed by atoms with van der Waals surface area (Å²) in [6, 6.07) is 0.177. The van der Waals surface area contributed by atoms with E-state index in [9.17, 15) is 5.21 Å². The molecule has 1 aliphatic heterocycles. The maximum absolute atomic E-state index is 9.67. The molecule has 0 spiro atoms. The molecule has 3 heteroatoms. The van der Waals surface area contributed by atoms with Crippen LogP contribution in [-0.2, 0) is 0 Å². The van der Waals surface area contributed by atoms with Crippen molar-refractivity contribution in [2.75, 3.05) is 6.54 Å². The molecular weight excluding hydrogens is 152 g/mol. The fourth-order valence-corrected chi connectivity index (χ4v) is 1.69. The van der Waals surface area contributed by atoms with Gasteiger partial charge < -0.3 is 10.9 Å². The van der Waals surface area contributed by atoms with Crippen LogP contribution in [0.3, 0.4) is 0 Å². The van der Waals surface area contributed by atoms with Gasteiger partial charge in [0, 0.05) is 18.1 Å². The highest BCUT2D eigenvalue weighted by atomic mass is 16.5. The summed E-state index contributed by atoms with van der Waals surface area (Å²) in [5.41, 5.74) is 5.74. The molecule has 1 rings (SSSR count). The van der Waals surface area contributed by atoms with E-state index >= 15 is 0 Å². The van der Waals surface area contributed by atoms with Crippen molar-refractivity contribution in [3.8, 4) is 0 Å². The average Bonchev–Trinajstić information content (AvgIpc) is 1.96. The Bertz CT molecular complexity index is 157. The lowest BCUT2D eigenvalue weighted by molar-refractivity contribution is -0.222. The first kappa shape index (κ1) is 9.96. The number of nitrogens with two attached hydrogens (primary N) is 1. The molecule has 0 aromatic rings. The highest BCUT2D eigenvalue weighted by molar-refractivity contribution is 5.02. The van der Waals surface area contributed by atoms with E-state index in [4.69, 9.17) is 5.73 Å². The molecule has 0 saturated carbocycles. The lowest BCUT2D eigenvalue weighted by Gasteiger charge is -2.53. The van der Waals surface area contributed by atoms with Crippen LogP contribution >= 0.6 is 0 Å². The van der Waals surface area contributed by atoms with Gasteiger partial charge >= 0.3 is 0 Å². The van der Waals surface area contributed by atoms with Gasteiger partial charge in [0.15, 0.2) is 0 Å². The van der Waals surface area contributed by atoms with Crippen LogP contribution in [0.4, 0.5) is 0 Å². The second-order valence-corrected chi connectivity index (χ2v) is 4.80. The summed E-state index contributed by atoms with van der Waals surface area (Å²) >= 11 is 0. The molecule has 72 valence electrons. The molecule has 1 fully saturated rings. The Balaban J connectivity index is 2.92. The van der Waals surface area contributed by atoms with Gasteiger partial charge in [0.2, 0.25) is 0 Å². The topological polar surface area (TPSA) is 49.5 Å². The normalized spacial score (nSPS) is 35.0. The third-order valence-corrected chi connectivity index (χ3v) is 3.80. The van der Waals surface area contributed by atoms with E-state index < -0.39 is 0 Å².